The van der Waals surface area contributed by atoms with E-state index in [0.717, 1.165) is 0 Å². The Bertz CT molecular complexity index is 672. The molecule has 0 unspecified atom stereocenters. The summed E-state index contributed by atoms with van der Waals surface area (Å²) in [6.07, 6.45) is 0.839. The lowest BCUT2D eigenvalue weighted by atomic mass is 10.1. The van der Waals surface area contributed by atoms with E-state index in [9.17, 15) is 14.4 Å². The predicted molar refractivity (Wildman–Crippen MR) is 79.3 cm³/mol. The Morgan fingerprint density at radius 1 is 1.36 bits per heavy atom. The standard InChI is InChI=1S/C14H14ClN3O4/c15-9-2-1-8(7-10(9)18-6-5-16-13(18)22)11(19)17-14(3-4-14)12(20)21/h1-2,7H,3-6H2,(H,16,22)(H,17,19)(H,20,21). The first-order valence-electron chi connectivity index (χ1n) is 6.84. The maximum absolute atomic E-state index is 12.2. The van der Waals surface area contributed by atoms with Gasteiger partial charge in [0.15, 0.2) is 0 Å². The van der Waals surface area contributed by atoms with Gasteiger partial charge in [-0.2, -0.15) is 0 Å². The maximum atomic E-state index is 12.2. The Hall–Kier alpha value is -2.28. The van der Waals surface area contributed by atoms with Crippen LogP contribution < -0.4 is 15.5 Å². The van der Waals surface area contributed by atoms with Crippen LogP contribution >= 0.6 is 11.6 Å². The van der Waals surface area contributed by atoms with Gasteiger partial charge in [-0.15, -0.1) is 0 Å². The molecule has 8 heteroatoms. The second-order valence-electron chi connectivity index (χ2n) is 5.39. The van der Waals surface area contributed by atoms with Gasteiger partial charge in [-0.25, -0.2) is 9.59 Å². The van der Waals surface area contributed by atoms with Gasteiger partial charge in [0, 0.05) is 18.7 Å². The van der Waals surface area contributed by atoms with Crippen molar-refractivity contribution in [3.63, 3.8) is 0 Å². The number of hydrogen-bond acceptors (Lipinski definition) is 3. The molecule has 1 heterocycles. The monoisotopic (exact) mass is 323 g/mol. The first kappa shape index (κ1) is 14.6. The molecule has 3 N–H and O–H groups in total. The highest BCUT2D eigenvalue weighted by Gasteiger charge is 2.51. The minimum absolute atomic E-state index is 0.270. The Balaban J connectivity index is 1.84. The molecule has 1 aliphatic heterocycles. The summed E-state index contributed by atoms with van der Waals surface area (Å²) in [5.74, 6) is -1.52. The molecule has 1 aliphatic carbocycles. The zero-order valence-electron chi connectivity index (χ0n) is 11.6. The zero-order chi connectivity index (χ0) is 15.9. The highest BCUT2D eigenvalue weighted by Crippen LogP contribution is 2.36. The smallest absolute Gasteiger partial charge is 0.329 e. The van der Waals surface area contributed by atoms with Gasteiger partial charge >= 0.3 is 12.0 Å². The molecule has 0 aromatic heterocycles. The van der Waals surface area contributed by atoms with Crippen molar-refractivity contribution in [2.45, 2.75) is 18.4 Å². The lowest BCUT2D eigenvalue weighted by Crippen LogP contribution is -2.43. The van der Waals surface area contributed by atoms with Gasteiger partial charge in [-0.1, -0.05) is 11.6 Å². The number of carboxylic acids is 1. The molecule has 0 spiro atoms. The molecule has 1 saturated heterocycles. The molecule has 3 rings (SSSR count). The largest absolute Gasteiger partial charge is 0.480 e. The van der Waals surface area contributed by atoms with Crippen molar-refractivity contribution in [1.29, 1.82) is 0 Å². The van der Waals surface area contributed by atoms with Crippen LogP contribution in [-0.4, -0.2) is 41.6 Å². The summed E-state index contributed by atoms with van der Waals surface area (Å²) in [7, 11) is 0. The van der Waals surface area contributed by atoms with Crippen LogP contribution in [0.2, 0.25) is 5.02 Å². The first-order valence-corrected chi connectivity index (χ1v) is 7.22. The van der Waals surface area contributed by atoms with Crippen LogP contribution in [0, 0.1) is 0 Å². The van der Waals surface area contributed by atoms with Crippen LogP contribution in [0.3, 0.4) is 0 Å². The molecule has 116 valence electrons. The van der Waals surface area contributed by atoms with Crippen molar-refractivity contribution >= 4 is 35.2 Å². The molecule has 7 nitrogen and oxygen atoms in total. The lowest BCUT2D eigenvalue weighted by molar-refractivity contribution is -0.140. The molecule has 1 aromatic carbocycles. The Morgan fingerprint density at radius 2 is 2.09 bits per heavy atom. The number of halogens is 1. The highest BCUT2D eigenvalue weighted by atomic mass is 35.5. The average Bonchev–Trinajstić information content (AvgIpc) is 3.14. The van der Waals surface area contributed by atoms with Gasteiger partial charge < -0.3 is 15.7 Å². The molecule has 1 aromatic rings. The first-order chi connectivity index (χ1) is 10.4. The number of rotatable bonds is 4. The number of carbonyl (C=O) groups is 3. The van der Waals surface area contributed by atoms with Crippen LogP contribution in [0.25, 0.3) is 0 Å². The maximum Gasteiger partial charge on any atom is 0.329 e. The van der Waals surface area contributed by atoms with Crippen molar-refractivity contribution in [2.24, 2.45) is 0 Å². The number of nitrogens with one attached hydrogen (secondary N) is 2. The lowest BCUT2D eigenvalue weighted by Gasteiger charge is -2.18. The number of aliphatic carboxylic acids is 1. The summed E-state index contributed by atoms with van der Waals surface area (Å²) in [5, 5.41) is 14.7. The number of carbonyl (C=O) groups excluding carboxylic acids is 2. The van der Waals surface area contributed by atoms with E-state index in [2.05, 4.69) is 10.6 Å². The zero-order valence-corrected chi connectivity index (χ0v) is 12.3. The number of hydrogen-bond donors (Lipinski definition) is 3. The van der Waals surface area contributed by atoms with Gasteiger partial charge in [0.2, 0.25) is 0 Å². The second-order valence-corrected chi connectivity index (χ2v) is 5.80. The van der Waals surface area contributed by atoms with Crippen LogP contribution in [0.5, 0.6) is 0 Å². The molecular formula is C14H14ClN3O4. The number of carboxylic acid groups (broad SMARTS) is 1. The minimum atomic E-state index is -1.15. The highest BCUT2D eigenvalue weighted by molar-refractivity contribution is 6.34. The summed E-state index contributed by atoms with van der Waals surface area (Å²) < 4.78 is 0. The van der Waals surface area contributed by atoms with E-state index in [0.29, 0.717) is 36.6 Å². The van der Waals surface area contributed by atoms with E-state index in [1.807, 2.05) is 0 Å². The van der Waals surface area contributed by atoms with Crippen molar-refractivity contribution in [2.75, 3.05) is 18.0 Å². The number of anilines is 1. The predicted octanol–water partition coefficient (Wildman–Crippen LogP) is 1.22. The quantitative estimate of drug-likeness (QED) is 0.775. The Morgan fingerprint density at radius 3 is 2.64 bits per heavy atom. The van der Waals surface area contributed by atoms with Crippen LogP contribution in [0.1, 0.15) is 23.2 Å². The van der Waals surface area contributed by atoms with Crippen LogP contribution in [0.15, 0.2) is 18.2 Å². The number of nitrogens with zero attached hydrogens (tertiary/aromatic N) is 1. The van der Waals surface area contributed by atoms with Gasteiger partial charge in [0.05, 0.1) is 10.7 Å². The van der Waals surface area contributed by atoms with Gasteiger partial charge in [0.1, 0.15) is 5.54 Å². The van der Waals surface area contributed by atoms with Crippen LogP contribution in [0.4, 0.5) is 10.5 Å². The van der Waals surface area contributed by atoms with Gasteiger partial charge in [-0.05, 0) is 31.0 Å². The summed E-state index contributed by atoms with van der Waals surface area (Å²) in [6, 6.07) is 4.26. The number of amides is 3. The van der Waals surface area contributed by atoms with Crippen molar-refractivity contribution in [1.82, 2.24) is 10.6 Å². The third kappa shape index (κ3) is 2.48. The summed E-state index contributed by atoms with van der Waals surface area (Å²) in [4.78, 5) is 36.5. The molecule has 2 fully saturated rings. The SMILES string of the molecule is O=C(NC1(C(=O)O)CC1)c1ccc(Cl)c(N2CCNC2=O)c1. The van der Waals surface area contributed by atoms with Gasteiger partial charge in [0.25, 0.3) is 5.91 Å². The Kier molecular flexibility index (Phi) is 3.44. The molecule has 0 radical (unpaired) electrons. The molecular weight excluding hydrogens is 310 g/mol. The summed E-state index contributed by atoms with van der Waals surface area (Å²) in [6.45, 7) is 0.969. The molecule has 1 saturated carbocycles. The topological polar surface area (TPSA) is 98.7 Å². The van der Waals surface area contributed by atoms with E-state index in [1.54, 1.807) is 0 Å². The number of urea groups is 1. The fourth-order valence-corrected chi connectivity index (χ4v) is 2.59. The van der Waals surface area contributed by atoms with Gasteiger partial charge in [-0.3, -0.25) is 9.69 Å². The molecule has 3 amide bonds. The number of benzene rings is 1. The second kappa shape index (κ2) is 5.17. The molecule has 22 heavy (non-hydrogen) atoms. The molecule has 0 bridgehead atoms. The summed E-state index contributed by atoms with van der Waals surface area (Å²) >= 11 is 6.09. The van der Waals surface area contributed by atoms with E-state index >= 15 is 0 Å². The fraction of sp³-hybridized carbons (Fsp3) is 0.357. The van der Waals surface area contributed by atoms with E-state index < -0.39 is 17.4 Å². The average molecular weight is 324 g/mol. The van der Waals surface area contributed by atoms with Crippen molar-refractivity contribution in [3.8, 4) is 0 Å². The third-order valence-corrected chi connectivity index (χ3v) is 4.19. The molecule has 0 atom stereocenters. The van der Waals surface area contributed by atoms with E-state index in [4.69, 9.17) is 16.7 Å². The normalized spacial score (nSPS) is 18.8. The Labute approximate surface area is 131 Å². The fourth-order valence-electron chi connectivity index (χ4n) is 2.37. The van der Waals surface area contributed by atoms with Crippen molar-refractivity contribution < 1.29 is 19.5 Å². The third-order valence-electron chi connectivity index (χ3n) is 3.87. The van der Waals surface area contributed by atoms with E-state index in [-0.39, 0.29) is 11.6 Å². The molecule has 2 aliphatic rings. The van der Waals surface area contributed by atoms with Crippen molar-refractivity contribution in [3.05, 3.63) is 28.8 Å². The summed E-state index contributed by atoms with van der Waals surface area (Å²) in [5.41, 5.74) is -0.446. The van der Waals surface area contributed by atoms with Crippen LogP contribution in [-0.2, 0) is 4.79 Å². The van der Waals surface area contributed by atoms with E-state index in [1.165, 1.54) is 23.1 Å². The minimum Gasteiger partial charge on any atom is -0.480 e.